The molecule has 0 saturated carbocycles. The summed E-state index contributed by atoms with van der Waals surface area (Å²) >= 11 is 3.20. The van der Waals surface area contributed by atoms with Crippen molar-refractivity contribution in [3.8, 4) is 0 Å². The topological polar surface area (TPSA) is 27.8 Å². The molecule has 0 aliphatic carbocycles. The van der Waals surface area contributed by atoms with Crippen LogP contribution in [0.3, 0.4) is 0 Å². The zero-order valence-corrected chi connectivity index (χ0v) is 9.62. The summed E-state index contributed by atoms with van der Waals surface area (Å²) < 4.78 is 14.3. The molecule has 0 unspecified atom stereocenters. The highest BCUT2D eigenvalue weighted by molar-refractivity contribution is 9.10. The lowest BCUT2D eigenvalue weighted by molar-refractivity contribution is 0.628. The van der Waals surface area contributed by atoms with E-state index in [0.29, 0.717) is 9.99 Å². The van der Waals surface area contributed by atoms with E-state index in [0.717, 1.165) is 24.9 Å². The third kappa shape index (κ3) is 1.32. The van der Waals surface area contributed by atoms with Crippen molar-refractivity contribution in [3.63, 3.8) is 0 Å². The van der Waals surface area contributed by atoms with Gasteiger partial charge in [0.1, 0.15) is 0 Å². The Hall–Kier alpha value is -0.870. The van der Waals surface area contributed by atoms with E-state index < -0.39 is 0 Å². The van der Waals surface area contributed by atoms with Crippen molar-refractivity contribution in [3.05, 3.63) is 33.7 Å². The van der Waals surface area contributed by atoms with Crippen LogP contribution in [0.2, 0.25) is 0 Å². The minimum Gasteiger partial charge on any atom is -0.356 e. The number of hydrogen-bond donors (Lipinski definition) is 2. The Morgan fingerprint density at radius 1 is 1.33 bits per heavy atom. The van der Waals surface area contributed by atoms with Crippen molar-refractivity contribution >= 4 is 26.8 Å². The number of fused-ring (bicyclic) bond motifs is 3. The van der Waals surface area contributed by atoms with Gasteiger partial charge in [0, 0.05) is 30.6 Å². The monoisotopic (exact) mass is 268 g/mol. The van der Waals surface area contributed by atoms with Crippen LogP contribution in [0.4, 0.5) is 4.39 Å². The van der Waals surface area contributed by atoms with E-state index >= 15 is 0 Å². The van der Waals surface area contributed by atoms with Crippen LogP contribution in [0.5, 0.6) is 0 Å². The first-order valence-electron chi connectivity index (χ1n) is 4.95. The van der Waals surface area contributed by atoms with E-state index in [9.17, 15) is 4.39 Å². The minimum atomic E-state index is -0.193. The van der Waals surface area contributed by atoms with Gasteiger partial charge in [0.2, 0.25) is 0 Å². The molecule has 2 N–H and O–H groups in total. The Morgan fingerprint density at radius 2 is 2.20 bits per heavy atom. The van der Waals surface area contributed by atoms with Gasteiger partial charge in [0.25, 0.3) is 0 Å². The number of H-pyrrole nitrogens is 1. The second-order valence-electron chi connectivity index (χ2n) is 3.79. The van der Waals surface area contributed by atoms with Crippen LogP contribution in [-0.4, -0.2) is 11.5 Å². The molecule has 78 valence electrons. The lowest BCUT2D eigenvalue weighted by atomic mass is 10.1. The number of halogens is 2. The molecule has 0 spiro atoms. The Bertz CT molecular complexity index is 533. The quantitative estimate of drug-likeness (QED) is 0.756. The summed E-state index contributed by atoms with van der Waals surface area (Å²) in [6.07, 6.45) is 0.946. The highest BCUT2D eigenvalue weighted by Gasteiger charge is 2.17. The average Bonchev–Trinajstić information content (AvgIpc) is 2.63. The third-order valence-electron chi connectivity index (χ3n) is 2.91. The van der Waals surface area contributed by atoms with E-state index in [1.54, 1.807) is 6.07 Å². The first kappa shape index (κ1) is 9.36. The Balaban J connectivity index is 2.36. The molecule has 1 aromatic carbocycles. The molecular formula is C11H10BrFN2. The lowest BCUT2D eigenvalue weighted by Gasteiger charge is -2.12. The van der Waals surface area contributed by atoms with Crippen LogP contribution in [0.25, 0.3) is 10.9 Å². The fraction of sp³-hybridized carbons (Fsp3) is 0.273. The maximum Gasteiger partial charge on any atom is 0.161 e. The second kappa shape index (κ2) is 3.32. The Labute approximate surface area is 95.0 Å². The fourth-order valence-electron chi connectivity index (χ4n) is 2.16. The molecule has 0 atom stereocenters. The molecule has 2 nitrogen and oxygen atoms in total. The molecule has 0 bridgehead atoms. The summed E-state index contributed by atoms with van der Waals surface area (Å²) in [6, 6.07) is 3.73. The SMILES string of the molecule is Fc1c(Br)ccc2c3c([nH]c12)CCNC3. The first-order valence-corrected chi connectivity index (χ1v) is 5.75. The zero-order chi connectivity index (χ0) is 10.4. The predicted molar refractivity (Wildman–Crippen MR) is 61.4 cm³/mol. The van der Waals surface area contributed by atoms with Gasteiger partial charge in [-0.15, -0.1) is 0 Å². The van der Waals surface area contributed by atoms with E-state index in [2.05, 4.69) is 26.2 Å². The molecule has 1 aliphatic heterocycles. The van der Waals surface area contributed by atoms with Gasteiger partial charge in [-0.3, -0.25) is 0 Å². The number of nitrogens with one attached hydrogen (secondary N) is 2. The highest BCUT2D eigenvalue weighted by Crippen LogP contribution is 2.30. The van der Waals surface area contributed by atoms with Crippen LogP contribution in [-0.2, 0) is 13.0 Å². The van der Waals surface area contributed by atoms with E-state index in [1.165, 1.54) is 11.3 Å². The lowest BCUT2D eigenvalue weighted by Crippen LogP contribution is -2.22. The molecule has 1 aliphatic rings. The van der Waals surface area contributed by atoms with Gasteiger partial charge in [-0.05, 0) is 27.6 Å². The van der Waals surface area contributed by atoms with Gasteiger partial charge in [-0.25, -0.2) is 4.39 Å². The number of rotatable bonds is 0. The van der Waals surface area contributed by atoms with Crippen molar-refractivity contribution in [2.24, 2.45) is 0 Å². The number of hydrogen-bond acceptors (Lipinski definition) is 1. The maximum absolute atomic E-state index is 13.8. The van der Waals surface area contributed by atoms with Crippen molar-refractivity contribution in [2.75, 3.05) is 6.54 Å². The largest absolute Gasteiger partial charge is 0.356 e. The average molecular weight is 269 g/mol. The van der Waals surface area contributed by atoms with Gasteiger partial charge in [-0.2, -0.15) is 0 Å². The normalized spacial score (nSPS) is 15.6. The van der Waals surface area contributed by atoms with Crippen LogP contribution in [0, 0.1) is 5.82 Å². The molecule has 2 aromatic rings. The fourth-order valence-corrected chi connectivity index (χ4v) is 2.49. The highest BCUT2D eigenvalue weighted by atomic mass is 79.9. The molecule has 0 fully saturated rings. The molecule has 0 amide bonds. The molecule has 2 heterocycles. The van der Waals surface area contributed by atoms with Gasteiger partial charge < -0.3 is 10.3 Å². The van der Waals surface area contributed by atoms with Crippen molar-refractivity contribution in [1.29, 1.82) is 0 Å². The summed E-state index contributed by atoms with van der Waals surface area (Å²) in [6.45, 7) is 1.79. The number of aromatic nitrogens is 1. The van der Waals surface area contributed by atoms with E-state index in [4.69, 9.17) is 0 Å². The van der Waals surface area contributed by atoms with Crippen LogP contribution in [0.15, 0.2) is 16.6 Å². The number of aromatic amines is 1. The second-order valence-corrected chi connectivity index (χ2v) is 4.65. The summed E-state index contributed by atoms with van der Waals surface area (Å²) in [5.41, 5.74) is 3.00. The standard InChI is InChI=1S/C11H10BrFN2/c12-8-2-1-6-7-5-14-4-3-9(7)15-11(6)10(8)13/h1-2,14-15H,3-5H2. The van der Waals surface area contributed by atoms with Gasteiger partial charge in [0.05, 0.1) is 9.99 Å². The molecule has 4 heteroatoms. The molecule has 3 rings (SSSR count). The van der Waals surface area contributed by atoms with Crippen molar-refractivity contribution < 1.29 is 4.39 Å². The van der Waals surface area contributed by atoms with E-state index in [1.807, 2.05) is 6.07 Å². The molecule has 0 radical (unpaired) electrons. The van der Waals surface area contributed by atoms with Gasteiger partial charge in [0.15, 0.2) is 5.82 Å². The summed E-state index contributed by atoms with van der Waals surface area (Å²) in [4.78, 5) is 3.18. The van der Waals surface area contributed by atoms with Crippen LogP contribution < -0.4 is 5.32 Å². The Kier molecular flexibility index (Phi) is 2.07. The predicted octanol–water partition coefficient (Wildman–Crippen LogP) is 2.72. The van der Waals surface area contributed by atoms with Crippen LogP contribution in [0.1, 0.15) is 11.3 Å². The summed E-state index contributed by atoms with van der Waals surface area (Å²) in [7, 11) is 0. The molecular weight excluding hydrogens is 259 g/mol. The number of benzene rings is 1. The van der Waals surface area contributed by atoms with Gasteiger partial charge >= 0.3 is 0 Å². The third-order valence-corrected chi connectivity index (χ3v) is 3.53. The summed E-state index contributed by atoms with van der Waals surface area (Å²) in [5.74, 6) is -0.193. The molecule has 1 aromatic heterocycles. The van der Waals surface area contributed by atoms with Crippen molar-refractivity contribution in [1.82, 2.24) is 10.3 Å². The maximum atomic E-state index is 13.8. The van der Waals surface area contributed by atoms with Crippen molar-refractivity contribution in [2.45, 2.75) is 13.0 Å². The molecule has 15 heavy (non-hydrogen) atoms. The minimum absolute atomic E-state index is 0.193. The van der Waals surface area contributed by atoms with Gasteiger partial charge in [-0.1, -0.05) is 6.07 Å². The summed E-state index contributed by atoms with van der Waals surface area (Å²) in [5, 5.41) is 4.30. The molecule has 0 saturated heterocycles. The first-order chi connectivity index (χ1) is 7.27. The van der Waals surface area contributed by atoms with E-state index in [-0.39, 0.29) is 5.82 Å². The smallest absolute Gasteiger partial charge is 0.161 e. The van der Waals surface area contributed by atoms with Crippen LogP contribution >= 0.6 is 15.9 Å². The Morgan fingerprint density at radius 3 is 3.07 bits per heavy atom. The zero-order valence-electron chi connectivity index (χ0n) is 8.03.